The van der Waals surface area contributed by atoms with Crippen LogP contribution in [0.25, 0.3) is 0 Å². The van der Waals surface area contributed by atoms with Crippen LogP contribution in [-0.2, 0) is 11.2 Å². The largest absolute Gasteiger partial charge is 0.341 e. The van der Waals surface area contributed by atoms with Crippen LogP contribution in [0.4, 0.5) is 5.69 Å². The molecule has 3 nitrogen and oxygen atoms in total. The maximum atomic E-state index is 11.9. The molecule has 7 heteroatoms. The van der Waals surface area contributed by atoms with Gasteiger partial charge < -0.3 is 10.3 Å². The second-order valence-corrected chi connectivity index (χ2v) is 6.59. The van der Waals surface area contributed by atoms with Gasteiger partial charge in [0.25, 0.3) is 0 Å². The highest BCUT2D eigenvalue weighted by Crippen LogP contribution is 2.23. The number of amides is 1. The van der Waals surface area contributed by atoms with E-state index in [1.54, 1.807) is 18.2 Å². The Hall–Kier alpha value is -0.880. The van der Waals surface area contributed by atoms with Crippen molar-refractivity contribution in [2.24, 2.45) is 0 Å². The van der Waals surface area contributed by atoms with Gasteiger partial charge >= 0.3 is 0 Å². The van der Waals surface area contributed by atoms with Gasteiger partial charge in [0.1, 0.15) is 0 Å². The van der Waals surface area contributed by atoms with E-state index in [0.717, 1.165) is 10.6 Å². The van der Waals surface area contributed by atoms with Gasteiger partial charge in [-0.15, -0.1) is 11.3 Å². The number of H-pyrrole nitrogens is 1. The molecule has 1 heterocycles. The zero-order valence-corrected chi connectivity index (χ0v) is 13.1. The summed E-state index contributed by atoms with van der Waals surface area (Å²) in [6.45, 7) is 1.89. The second-order valence-electron chi connectivity index (χ2n) is 3.95. The summed E-state index contributed by atoms with van der Waals surface area (Å²) >= 11 is 18.2. The predicted molar refractivity (Wildman–Crippen MR) is 83.0 cm³/mol. The fourth-order valence-corrected chi connectivity index (χ4v) is 3.40. The molecule has 0 atom stereocenters. The van der Waals surface area contributed by atoms with Crippen LogP contribution in [0, 0.1) is 10.9 Å². The minimum atomic E-state index is -0.133. The number of carbonyl (C=O) groups excluding carboxylic acids is 1. The first-order chi connectivity index (χ1) is 8.94. The van der Waals surface area contributed by atoms with Crippen LogP contribution in [0.15, 0.2) is 18.2 Å². The van der Waals surface area contributed by atoms with Crippen molar-refractivity contribution in [3.8, 4) is 0 Å². The van der Waals surface area contributed by atoms with E-state index in [1.807, 2.05) is 6.92 Å². The number of hydrogen-bond donors (Lipinski definition) is 2. The lowest BCUT2D eigenvalue weighted by molar-refractivity contribution is -0.115. The lowest BCUT2D eigenvalue weighted by Crippen LogP contribution is -2.14. The smallest absolute Gasteiger partial charge is 0.229 e. The number of aryl methyl sites for hydroxylation is 1. The van der Waals surface area contributed by atoms with Gasteiger partial charge in [-0.3, -0.25) is 4.79 Å². The Labute approximate surface area is 129 Å². The average molecular weight is 333 g/mol. The maximum absolute atomic E-state index is 11.9. The van der Waals surface area contributed by atoms with E-state index in [9.17, 15) is 4.79 Å². The summed E-state index contributed by atoms with van der Waals surface area (Å²) in [5, 5.41) is 3.72. The number of nitrogens with one attached hydrogen (secondary N) is 2. The molecule has 0 spiro atoms. The SMILES string of the molecule is Cc1[nH]c(=S)sc1CC(=O)Nc1cc(Cl)cc(Cl)c1. The van der Waals surface area contributed by atoms with E-state index in [-0.39, 0.29) is 12.3 Å². The van der Waals surface area contributed by atoms with Gasteiger partial charge in [0.15, 0.2) is 3.95 Å². The number of thiazole rings is 1. The van der Waals surface area contributed by atoms with Crippen molar-refractivity contribution in [2.45, 2.75) is 13.3 Å². The number of hydrogen-bond acceptors (Lipinski definition) is 3. The first kappa shape index (κ1) is 14.5. The molecular formula is C12H10Cl2N2OS2. The number of benzene rings is 1. The number of rotatable bonds is 3. The number of halogens is 2. The number of aromatic amines is 1. The molecule has 2 rings (SSSR count). The Morgan fingerprint density at radius 1 is 1.37 bits per heavy atom. The molecule has 1 aromatic carbocycles. The fourth-order valence-electron chi connectivity index (χ4n) is 1.58. The van der Waals surface area contributed by atoms with Crippen LogP contribution in [0.1, 0.15) is 10.6 Å². The highest BCUT2D eigenvalue weighted by atomic mass is 35.5. The molecule has 0 aliphatic rings. The number of carbonyl (C=O) groups is 1. The maximum Gasteiger partial charge on any atom is 0.229 e. The van der Waals surface area contributed by atoms with E-state index in [0.29, 0.717) is 19.7 Å². The zero-order chi connectivity index (χ0) is 14.0. The third-order valence-corrected chi connectivity index (χ3v) is 4.16. The van der Waals surface area contributed by atoms with E-state index >= 15 is 0 Å². The van der Waals surface area contributed by atoms with Crippen molar-refractivity contribution >= 4 is 58.4 Å². The van der Waals surface area contributed by atoms with Gasteiger partial charge in [0, 0.05) is 26.3 Å². The molecule has 1 amide bonds. The quantitative estimate of drug-likeness (QED) is 0.806. The third kappa shape index (κ3) is 4.04. The molecule has 0 saturated carbocycles. The Bertz CT molecular complexity index is 658. The Balaban J connectivity index is 2.09. The second kappa shape index (κ2) is 6.05. The molecule has 0 unspecified atom stereocenters. The molecule has 0 saturated heterocycles. The minimum Gasteiger partial charge on any atom is -0.341 e. The zero-order valence-electron chi connectivity index (χ0n) is 9.92. The van der Waals surface area contributed by atoms with Crippen molar-refractivity contribution < 1.29 is 4.79 Å². The van der Waals surface area contributed by atoms with Gasteiger partial charge in [-0.25, -0.2) is 0 Å². The molecule has 0 radical (unpaired) electrons. The highest BCUT2D eigenvalue weighted by Gasteiger charge is 2.09. The summed E-state index contributed by atoms with van der Waals surface area (Å²) in [6.07, 6.45) is 0.272. The molecule has 0 fully saturated rings. The van der Waals surface area contributed by atoms with Gasteiger partial charge in [0.2, 0.25) is 5.91 Å². The van der Waals surface area contributed by atoms with E-state index in [1.165, 1.54) is 11.3 Å². The summed E-state index contributed by atoms with van der Waals surface area (Å²) in [7, 11) is 0. The third-order valence-electron chi connectivity index (χ3n) is 2.39. The van der Waals surface area contributed by atoms with E-state index in [4.69, 9.17) is 35.4 Å². The molecule has 100 valence electrons. The van der Waals surface area contributed by atoms with Gasteiger partial charge in [-0.1, -0.05) is 23.2 Å². The molecule has 0 aliphatic carbocycles. The van der Waals surface area contributed by atoms with Crippen molar-refractivity contribution in [2.75, 3.05) is 5.32 Å². The standard InChI is InChI=1S/C12H10Cl2N2OS2/c1-6-10(19-12(18)15-6)5-11(17)16-9-3-7(13)2-8(14)4-9/h2-4H,5H2,1H3,(H,15,18)(H,16,17). The number of aromatic nitrogens is 1. The first-order valence-electron chi connectivity index (χ1n) is 5.38. The summed E-state index contributed by atoms with van der Waals surface area (Å²) < 4.78 is 0.672. The molecule has 0 aliphatic heterocycles. The molecular weight excluding hydrogens is 323 g/mol. The summed E-state index contributed by atoms with van der Waals surface area (Å²) in [6, 6.07) is 4.91. The van der Waals surface area contributed by atoms with Crippen molar-refractivity contribution in [1.29, 1.82) is 0 Å². The Morgan fingerprint density at radius 2 is 2.00 bits per heavy atom. The van der Waals surface area contributed by atoms with Gasteiger partial charge in [-0.2, -0.15) is 0 Å². The normalized spacial score (nSPS) is 10.5. The van der Waals surface area contributed by atoms with Crippen LogP contribution in [-0.4, -0.2) is 10.9 Å². The monoisotopic (exact) mass is 332 g/mol. The summed E-state index contributed by atoms with van der Waals surface area (Å²) in [4.78, 5) is 15.9. The van der Waals surface area contributed by atoms with E-state index < -0.39 is 0 Å². The highest BCUT2D eigenvalue weighted by molar-refractivity contribution is 7.73. The van der Waals surface area contributed by atoms with Crippen LogP contribution in [0.3, 0.4) is 0 Å². The van der Waals surface area contributed by atoms with E-state index in [2.05, 4.69) is 10.3 Å². The lowest BCUT2D eigenvalue weighted by Gasteiger charge is -2.06. The lowest BCUT2D eigenvalue weighted by atomic mass is 10.2. The van der Waals surface area contributed by atoms with Crippen LogP contribution >= 0.6 is 46.8 Å². The molecule has 2 aromatic rings. The Kier molecular flexibility index (Phi) is 4.62. The van der Waals surface area contributed by atoms with Gasteiger partial charge in [0.05, 0.1) is 6.42 Å². The van der Waals surface area contributed by atoms with Crippen LogP contribution in [0.5, 0.6) is 0 Å². The molecule has 2 N–H and O–H groups in total. The first-order valence-corrected chi connectivity index (χ1v) is 7.36. The molecule has 0 bridgehead atoms. The minimum absolute atomic E-state index is 0.133. The van der Waals surface area contributed by atoms with Crippen LogP contribution < -0.4 is 5.32 Å². The molecule has 19 heavy (non-hydrogen) atoms. The topological polar surface area (TPSA) is 44.9 Å². The summed E-state index contributed by atoms with van der Waals surface area (Å²) in [5.74, 6) is -0.133. The fraction of sp³-hybridized carbons (Fsp3) is 0.167. The predicted octanol–water partition coefficient (Wildman–Crippen LogP) is 4.60. The van der Waals surface area contributed by atoms with Crippen molar-refractivity contribution in [3.63, 3.8) is 0 Å². The number of anilines is 1. The Morgan fingerprint density at radius 3 is 2.53 bits per heavy atom. The van der Waals surface area contributed by atoms with Crippen molar-refractivity contribution in [1.82, 2.24) is 4.98 Å². The molecule has 1 aromatic heterocycles. The van der Waals surface area contributed by atoms with Crippen LogP contribution in [0.2, 0.25) is 10.0 Å². The van der Waals surface area contributed by atoms with Gasteiger partial charge in [-0.05, 0) is 37.3 Å². The summed E-state index contributed by atoms with van der Waals surface area (Å²) in [5.41, 5.74) is 1.51. The van der Waals surface area contributed by atoms with Crippen molar-refractivity contribution in [3.05, 3.63) is 42.8 Å². The average Bonchev–Trinajstić information content (AvgIpc) is 2.55.